The Morgan fingerprint density at radius 1 is 1.24 bits per heavy atom. The van der Waals surface area contributed by atoms with E-state index in [-0.39, 0.29) is 17.2 Å². The molecule has 0 saturated carbocycles. The number of amides is 1. The average molecular weight is 465 g/mol. The van der Waals surface area contributed by atoms with Crippen LogP contribution in [0.5, 0.6) is 5.75 Å². The van der Waals surface area contributed by atoms with E-state index in [9.17, 15) is 9.59 Å². The summed E-state index contributed by atoms with van der Waals surface area (Å²) < 4.78 is 5.45. The molecule has 0 unspecified atom stereocenters. The molecule has 4 rings (SSSR count). The molecule has 0 spiro atoms. The van der Waals surface area contributed by atoms with Crippen molar-refractivity contribution in [2.24, 2.45) is 0 Å². The molecule has 1 aromatic heterocycles. The summed E-state index contributed by atoms with van der Waals surface area (Å²) in [5.41, 5.74) is 5.37. The molecule has 0 atom stereocenters. The van der Waals surface area contributed by atoms with E-state index in [2.05, 4.69) is 20.2 Å². The topological polar surface area (TPSA) is 87.3 Å². The van der Waals surface area contributed by atoms with Crippen LogP contribution < -0.4 is 15.6 Å². The summed E-state index contributed by atoms with van der Waals surface area (Å²) >= 11 is 1.24. The van der Waals surface area contributed by atoms with Crippen LogP contribution in [0.15, 0.2) is 52.4 Å². The van der Waals surface area contributed by atoms with Crippen LogP contribution in [0.4, 0.5) is 5.69 Å². The number of nitrogens with one attached hydrogen (secondary N) is 2. The number of aromatic amines is 1. The van der Waals surface area contributed by atoms with Gasteiger partial charge < -0.3 is 15.0 Å². The number of hydrogen-bond acceptors (Lipinski definition) is 6. The number of ether oxygens (including phenoxy) is 1. The number of hydrogen-bond donors (Lipinski definition) is 2. The van der Waals surface area contributed by atoms with Crippen LogP contribution in [0, 0.1) is 13.8 Å². The molecule has 0 bridgehead atoms. The highest BCUT2D eigenvalue weighted by Crippen LogP contribution is 2.24. The Morgan fingerprint density at radius 3 is 2.88 bits per heavy atom. The van der Waals surface area contributed by atoms with Gasteiger partial charge in [0.2, 0.25) is 5.91 Å². The summed E-state index contributed by atoms with van der Waals surface area (Å²) in [6, 6.07) is 13.9. The van der Waals surface area contributed by atoms with Gasteiger partial charge in [-0.2, -0.15) is 0 Å². The molecule has 2 N–H and O–H groups in total. The molecule has 0 aliphatic carbocycles. The second-order valence-corrected chi connectivity index (χ2v) is 9.19. The predicted molar refractivity (Wildman–Crippen MR) is 131 cm³/mol. The third kappa shape index (κ3) is 5.64. The highest BCUT2D eigenvalue weighted by molar-refractivity contribution is 7.99. The maximum absolute atomic E-state index is 12.8. The van der Waals surface area contributed by atoms with Crippen molar-refractivity contribution in [3.05, 3.63) is 80.8 Å². The molecule has 3 aromatic rings. The summed E-state index contributed by atoms with van der Waals surface area (Å²) in [5, 5.41) is 3.42. The number of aryl methyl sites for hydroxylation is 2. The summed E-state index contributed by atoms with van der Waals surface area (Å²) in [6.45, 7) is 6.00. The molecule has 2 heterocycles. The number of nitrogens with zero attached hydrogens (tertiary/aromatic N) is 2. The number of para-hydroxylation sites is 1. The minimum Gasteiger partial charge on any atom is -0.496 e. The maximum Gasteiger partial charge on any atom is 0.256 e. The van der Waals surface area contributed by atoms with Gasteiger partial charge in [-0.1, -0.05) is 42.1 Å². The third-order valence-corrected chi connectivity index (χ3v) is 6.59. The third-order valence-electron chi connectivity index (χ3n) is 5.72. The lowest BCUT2D eigenvalue weighted by Gasteiger charge is -2.28. The first-order valence-corrected chi connectivity index (χ1v) is 11.9. The van der Waals surface area contributed by atoms with Crippen molar-refractivity contribution in [1.82, 2.24) is 14.9 Å². The van der Waals surface area contributed by atoms with Gasteiger partial charge in [0, 0.05) is 37.3 Å². The quantitative estimate of drug-likeness (QED) is 0.410. The van der Waals surface area contributed by atoms with Gasteiger partial charge in [-0.05, 0) is 37.1 Å². The Hall–Kier alpha value is -3.10. The maximum atomic E-state index is 12.8. The predicted octanol–water partition coefficient (Wildman–Crippen LogP) is 3.68. The monoisotopic (exact) mass is 464 g/mol. The van der Waals surface area contributed by atoms with Gasteiger partial charge in [-0.15, -0.1) is 0 Å². The lowest BCUT2D eigenvalue weighted by molar-refractivity contribution is -0.113. The summed E-state index contributed by atoms with van der Waals surface area (Å²) in [5.74, 6) is 0.896. The van der Waals surface area contributed by atoms with Crippen LogP contribution in [0.1, 0.15) is 27.9 Å². The van der Waals surface area contributed by atoms with E-state index >= 15 is 0 Å². The van der Waals surface area contributed by atoms with E-state index < -0.39 is 0 Å². The van der Waals surface area contributed by atoms with Gasteiger partial charge in [-0.25, -0.2) is 4.98 Å². The standard InChI is InChI=1S/C25H28N4O3S/c1-16-8-9-17(2)21(12-16)26-23(30)15-33-25-27-20-10-11-29(14-19(20)24(31)28-25)13-18-6-4-5-7-22(18)32-3/h4-9,12H,10-11,13-15H2,1-3H3,(H,26,30)(H,27,28,31). The average Bonchev–Trinajstić information content (AvgIpc) is 2.81. The van der Waals surface area contributed by atoms with E-state index in [0.717, 1.165) is 40.4 Å². The highest BCUT2D eigenvalue weighted by Gasteiger charge is 2.22. The van der Waals surface area contributed by atoms with Gasteiger partial charge in [-0.3, -0.25) is 14.5 Å². The number of thioether (sulfide) groups is 1. The summed E-state index contributed by atoms with van der Waals surface area (Å²) in [4.78, 5) is 34.9. The van der Waals surface area contributed by atoms with Gasteiger partial charge in [0.05, 0.1) is 24.1 Å². The van der Waals surface area contributed by atoms with Gasteiger partial charge in [0.25, 0.3) is 5.56 Å². The SMILES string of the molecule is COc1ccccc1CN1CCc2nc(SCC(=O)Nc3cc(C)ccc3C)[nH]c(=O)c2C1. The zero-order valence-corrected chi connectivity index (χ0v) is 19.9. The molecule has 0 fully saturated rings. The number of carbonyl (C=O) groups excluding carboxylic acids is 1. The Morgan fingerprint density at radius 2 is 2.06 bits per heavy atom. The molecule has 33 heavy (non-hydrogen) atoms. The van der Waals surface area contributed by atoms with E-state index in [0.29, 0.717) is 30.2 Å². The van der Waals surface area contributed by atoms with E-state index in [1.165, 1.54) is 11.8 Å². The van der Waals surface area contributed by atoms with Crippen molar-refractivity contribution in [2.45, 2.75) is 38.5 Å². The van der Waals surface area contributed by atoms with Crippen LogP contribution in [0.3, 0.4) is 0 Å². The fraction of sp³-hybridized carbons (Fsp3) is 0.320. The Balaban J connectivity index is 1.39. The normalized spacial score (nSPS) is 13.4. The zero-order valence-electron chi connectivity index (χ0n) is 19.1. The number of aromatic nitrogens is 2. The molecule has 0 radical (unpaired) electrons. The molecule has 1 amide bonds. The number of methoxy groups -OCH3 is 1. The number of carbonyl (C=O) groups is 1. The minimum absolute atomic E-state index is 0.128. The molecule has 0 saturated heterocycles. The van der Waals surface area contributed by atoms with Gasteiger partial charge in [0.1, 0.15) is 5.75 Å². The number of anilines is 1. The first kappa shape index (κ1) is 23.1. The molecule has 1 aliphatic heterocycles. The largest absolute Gasteiger partial charge is 0.496 e. The summed E-state index contributed by atoms with van der Waals surface area (Å²) in [7, 11) is 1.67. The molecular weight excluding hydrogens is 436 g/mol. The number of rotatable bonds is 7. The Bertz CT molecular complexity index is 1220. The first-order chi connectivity index (χ1) is 15.9. The van der Waals surface area contributed by atoms with Crippen LogP contribution >= 0.6 is 11.8 Å². The molecule has 7 nitrogen and oxygen atoms in total. The zero-order chi connectivity index (χ0) is 23.4. The van der Waals surface area contributed by atoms with E-state index in [1.54, 1.807) is 7.11 Å². The number of H-pyrrole nitrogens is 1. The minimum atomic E-state index is -0.137. The smallest absolute Gasteiger partial charge is 0.256 e. The molecule has 8 heteroatoms. The van der Waals surface area contributed by atoms with Crippen molar-refractivity contribution >= 4 is 23.4 Å². The van der Waals surface area contributed by atoms with E-state index in [1.807, 2.05) is 56.3 Å². The van der Waals surface area contributed by atoms with Crippen LogP contribution in [-0.4, -0.2) is 40.2 Å². The second kappa shape index (κ2) is 10.2. The van der Waals surface area contributed by atoms with Crippen LogP contribution in [0.2, 0.25) is 0 Å². The van der Waals surface area contributed by atoms with Gasteiger partial charge >= 0.3 is 0 Å². The Kier molecular flexibility index (Phi) is 7.15. The fourth-order valence-electron chi connectivity index (χ4n) is 3.93. The molecule has 172 valence electrons. The van der Waals surface area contributed by atoms with Crippen molar-refractivity contribution in [3.8, 4) is 5.75 Å². The lowest BCUT2D eigenvalue weighted by atomic mass is 10.1. The highest BCUT2D eigenvalue weighted by atomic mass is 32.2. The molecule has 1 aliphatic rings. The van der Waals surface area contributed by atoms with Crippen molar-refractivity contribution in [3.63, 3.8) is 0 Å². The summed E-state index contributed by atoms with van der Waals surface area (Å²) in [6.07, 6.45) is 0.691. The van der Waals surface area contributed by atoms with Crippen LogP contribution in [0.25, 0.3) is 0 Å². The number of fused-ring (bicyclic) bond motifs is 1. The lowest BCUT2D eigenvalue weighted by Crippen LogP contribution is -2.35. The second-order valence-electron chi connectivity index (χ2n) is 8.22. The number of benzene rings is 2. The molecular formula is C25H28N4O3S. The fourth-order valence-corrected chi connectivity index (χ4v) is 4.61. The van der Waals surface area contributed by atoms with Crippen molar-refractivity contribution in [1.29, 1.82) is 0 Å². The first-order valence-electron chi connectivity index (χ1n) is 10.9. The molecule has 2 aromatic carbocycles. The van der Waals surface area contributed by atoms with Crippen molar-refractivity contribution in [2.75, 3.05) is 24.7 Å². The van der Waals surface area contributed by atoms with Crippen molar-refractivity contribution < 1.29 is 9.53 Å². The van der Waals surface area contributed by atoms with Gasteiger partial charge in [0.15, 0.2) is 5.16 Å². The van der Waals surface area contributed by atoms with E-state index in [4.69, 9.17) is 4.74 Å². The Labute approximate surface area is 197 Å². The van der Waals surface area contributed by atoms with Crippen LogP contribution in [-0.2, 0) is 24.3 Å².